The Kier molecular flexibility index (Phi) is 2.95. The van der Waals surface area contributed by atoms with Gasteiger partial charge in [0.2, 0.25) is 5.75 Å². The maximum Gasteiger partial charge on any atom is 0.387 e. The van der Waals surface area contributed by atoms with Crippen LogP contribution in [0.4, 0.5) is 14.5 Å². The first-order valence-corrected chi connectivity index (χ1v) is 3.56. The third-order valence-corrected chi connectivity index (χ3v) is 1.44. The van der Waals surface area contributed by atoms with Gasteiger partial charge >= 0.3 is 12.3 Å². The normalized spacial score (nSPS) is 10.3. The largest absolute Gasteiger partial charge is 0.427 e. The third-order valence-electron chi connectivity index (χ3n) is 1.44. The van der Waals surface area contributed by atoms with Crippen LogP contribution < -0.4 is 4.74 Å². The van der Waals surface area contributed by atoms with Crippen molar-refractivity contribution < 1.29 is 18.4 Å². The predicted molar refractivity (Wildman–Crippen MR) is 44.2 cm³/mol. The van der Waals surface area contributed by atoms with Crippen LogP contribution >= 0.6 is 0 Å². The van der Waals surface area contributed by atoms with Gasteiger partial charge in [-0.2, -0.15) is 8.78 Å². The lowest BCUT2D eigenvalue weighted by Crippen LogP contribution is -2.04. The van der Waals surface area contributed by atoms with Crippen molar-refractivity contribution in [3.05, 3.63) is 40.8 Å². The summed E-state index contributed by atoms with van der Waals surface area (Å²) < 4.78 is 27.6. The molecule has 0 saturated heterocycles. The first kappa shape index (κ1) is 10.4. The van der Waals surface area contributed by atoms with E-state index < -0.39 is 23.0 Å². The van der Waals surface area contributed by atoms with E-state index in [9.17, 15) is 18.9 Å². The molecule has 6 heteroatoms. The number of alkyl halides is 2. The van der Waals surface area contributed by atoms with Crippen LogP contribution in [0.2, 0.25) is 0 Å². The van der Waals surface area contributed by atoms with E-state index in [0.717, 1.165) is 12.1 Å². The van der Waals surface area contributed by atoms with E-state index in [1.54, 1.807) is 0 Å². The van der Waals surface area contributed by atoms with Gasteiger partial charge in [0.1, 0.15) is 0 Å². The molecule has 1 radical (unpaired) electrons. The second-order valence-electron chi connectivity index (χ2n) is 2.44. The van der Waals surface area contributed by atoms with Crippen molar-refractivity contribution in [2.45, 2.75) is 6.61 Å². The van der Waals surface area contributed by atoms with Crippen LogP contribution in [0.5, 0.6) is 5.75 Å². The van der Waals surface area contributed by atoms with Crippen molar-refractivity contribution in [1.82, 2.24) is 0 Å². The summed E-state index contributed by atoms with van der Waals surface area (Å²) in [6, 6.07) is 3.50. The lowest BCUT2D eigenvalue weighted by Gasteiger charge is -2.05. The first-order valence-electron chi connectivity index (χ1n) is 3.56. The molecular formula is C8H6F2NO3. The molecule has 0 fully saturated rings. The Morgan fingerprint density at radius 3 is 2.64 bits per heavy atom. The average molecular weight is 202 g/mol. The Balaban J connectivity index is 3.09. The van der Waals surface area contributed by atoms with Crippen molar-refractivity contribution in [3.8, 4) is 5.75 Å². The molecule has 0 amide bonds. The van der Waals surface area contributed by atoms with Gasteiger partial charge in [-0.25, -0.2) is 0 Å². The highest BCUT2D eigenvalue weighted by atomic mass is 19.3. The van der Waals surface area contributed by atoms with Crippen LogP contribution in [0, 0.1) is 17.0 Å². The van der Waals surface area contributed by atoms with Crippen molar-refractivity contribution >= 4 is 5.69 Å². The van der Waals surface area contributed by atoms with Gasteiger partial charge in [-0.1, -0.05) is 6.07 Å². The highest BCUT2D eigenvalue weighted by molar-refractivity contribution is 5.49. The first-order chi connectivity index (χ1) is 6.50. The molecule has 1 aromatic rings. The summed E-state index contributed by atoms with van der Waals surface area (Å²) >= 11 is 0. The molecular weight excluding hydrogens is 196 g/mol. The topological polar surface area (TPSA) is 52.4 Å². The molecule has 0 heterocycles. The molecule has 4 nitrogen and oxygen atoms in total. The fourth-order valence-corrected chi connectivity index (χ4v) is 0.900. The van der Waals surface area contributed by atoms with Crippen molar-refractivity contribution in [2.24, 2.45) is 0 Å². The van der Waals surface area contributed by atoms with Gasteiger partial charge in [-0.3, -0.25) is 10.1 Å². The summed E-state index contributed by atoms with van der Waals surface area (Å²) in [4.78, 5) is 9.58. The van der Waals surface area contributed by atoms with Gasteiger partial charge in [-0.15, -0.1) is 0 Å². The molecule has 0 atom stereocenters. The summed E-state index contributed by atoms with van der Waals surface area (Å²) in [6.07, 6.45) is 0. The summed E-state index contributed by atoms with van der Waals surface area (Å²) in [7, 11) is 0. The highest BCUT2D eigenvalue weighted by Gasteiger charge is 2.17. The number of nitrogens with zero attached hydrogens (tertiary/aromatic N) is 1. The molecule has 0 aromatic heterocycles. The monoisotopic (exact) mass is 202 g/mol. The van der Waals surface area contributed by atoms with E-state index in [1.807, 2.05) is 0 Å². The minimum absolute atomic E-state index is 0.367. The van der Waals surface area contributed by atoms with Gasteiger partial charge in [0.15, 0.2) is 0 Å². The number of rotatable bonds is 3. The van der Waals surface area contributed by atoms with E-state index in [0.29, 0.717) is 5.56 Å². The van der Waals surface area contributed by atoms with Crippen LogP contribution in [0.1, 0.15) is 5.56 Å². The van der Waals surface area contributed by atoms with E-state index in [4.69, 9.17) is 0 Å². The highest BCUT2D eigenvalue weighted by Crippen LogP contribution is 2.28. The zero-order valence-electron chi connectivity index (χ0n) is 6.94. The van der Waals surface area contributed by atoms with Crippen molar-refractivity contribution in [2.75, 3.05) is 0 Å². The van der Waals surface area contributed by atoms with Gasteiger partial charge < -0.3 is 4.74 Å². The molecule has 0 bridgehead atoms. The molecule has 0 N–H and O–H groups in total. The number of nitro benzene ring substituents is 1. The fraction of sp³-hybridized carbons (Fsp3) is 0.125. The molecule has 1 rings (SSSR count). The molecule has 0 aliphatic heterocycles. The summed E-state index contributed by atoms with van der Waals surface area (Å²) in [5.74, 6) is -0.475. The van der Waals surface area contributed by atoms with E-state index >= 15 is 0 Å². The Morgan fingerprint density at radius 2 is 2.14 bits per heavy atom. The van der Waals surface area contributed by atoms with Crippen LogP contribution in [0.15, 0.2) is 18.2 Å². The van der Waals surface area contributed by atoms with E-state index in [-0.39, 0.29) is 0 Å². The average Bonchev–Trinajstić information content (AvgIpc) is 2.01. The zero-order chi connectivity index (χ0) is 10.7. The number of nitro groups is 1. The Morgan fingerprint density at radius 1 is 1.50 bits per heavy atom. The minimum atomic E-state index is -3.09. The lowest BCUT2D eigenvalue weighted by atomic mass is 10.2. The maximum atomic E-state index is 11.8. The quantitative estimate of drug-likeness (QED) is 0.558. The molecule has 0 unspecified atom stereocenters. The van der Waals surface area contributed by atoms with Crippen LogP contribution in [0.3, 0.4) is 0 Å². The SMILES string of the molecule is [CH2]c1ccc([N+](=O)[O-])c(OC(F)F)c1. The number of hydrogen-bond donors (Lipinski definition) is 0. The standard InChI is InChI=1S/C8H6F2NO3/c1-5-2-3-6(11(12)13)7(4-5)14-8(9)10/h2-4,8H,1H2. The van der Waals surface area contributed by atoms with Gasteiger partial charge in [0.25, 0.3) is 0 Å². The summed E-state index contributed by atoms with van der Waals surface area (Å²) in [5.41, 5.74) is -0.135. The second-order valence-corrected chi connectivity index (χ2v) is 2.44. The van der Waals surface area contributed by atoms with E-state index in [2.05, 4.69) is 11.7 Å². The number of ether oxygens (including phenoxy) is 1. The van der Waals surface area contributed by atoms with E-state index in [1.165, 1.54) is 6.07 Å². The number of hydrogen-bond acceptors (Lipinski definition) is 3. The van der Waals surface area contributed by atoms with Crippen molar-refractivity contribution in [1.29, 1.82) is 0 Å². The Labute approximate surface area is 78.3 Å². The molecule has 0 aliphatic rings. The van der Waals surface area contributed by atoms with Gasteiger partial charge in [0.05, 0.1) is 4.92 Å². The van der Waals surface area contributed by atoms with Crippen molar-refractivity contribution in [3.63, 3.8) is 0 Å². The predicted octanol–water partition coefficient (Wildman–Crippen LogP) is 2.38. The minimum Gasteiger partial charge on any atom is -0.427 e. The smallest absolute Gasteiger partial charge is 0.387 e. The second kappa shape index (κ2) is 3.99. The molecule has 0 spiro atoms. The van der Waals surface area contributed by atoms with Crippen LogP contribution in [-0.4, -0.2) is 11.5 Å². The summed E-state index contributed by atoms with van der Waals surface area (Å²) in [6.45, 7) is 0.354. The Bertz CT molecular complexity index is 354. The molecule has 0 aliphatic carbocycles. The Hall–Kier alpha value is -1.72. The number of halogens is 2. The molecule has 14 heavy (non-hydrogen) atoms. The van der Waals surface area contributed by atoms with Gasteiger partial charge in [-0.05, 0) is 18.6 Å². The zero-order valence-corrected chi connectivity index (χ0v) is 6.94. The van der Waals surface area contributed by atoms with Gasteiger partial charge in [0, 0.05) is 6.07 Å². The molecule has 1 aromatic carbocycles. The summed E-state index contributed by atoms with van der Waals surface area (Å²) in [5, 5.41) is 10.4. The molecule has 0 saturated carbocycles. The fourth-order valence-electron chi connectivity index (χ4n) is 0.900. The van der Waals surface area contributed by atoms with Crippen LogP contribution in [0.25, 0.3) is 0 Å². The third kappa shape index (κ3) is 2.38. The maximum absolute atomic E-state index is 11.8. The number of benzene rings is 1. The lowest BCUT2D eigenvalue weighted by molar-refractivity contribution is -0.386. The molecule has 75 valence electrons. The van der Waals surface area contributed by atoms with Crippen LogP contribution in [-0.2, 0) is 0 Å².